The number of aliphatic hydroxyl groups excluding tert-OH is 1. The van der Waals surface area contributed by atoms with Gasteiger partial charge in [0.1, 0.15) is 0 Å². The maximum absolute atomic E-state index is 9.69. The van der Waals surface area contributed by atoms with Gasteiger partial charge >= 0.3 is 0 Å². The number of rotatable bonds is 6. The van der Waals surface area contributed by atoms with Gasteiger partial charge in [0.2, 0.25) is 0 Å². The van der Waals surface area contributed by atoms with Crippen LogP contribution in [-0.2, 0) is 4.74 Å². The molecule has 17 heavy (non-hydrogen) atoms. The van der Waals surface area contributed by atoms with Gasteiger partial charge in [-0.3, -0.25) is 0 Å². The lowest BCUT2D eigenvalue weighted by molar-refractivity contribution is 0.0112. The second kappa shape index (κ2) is 7.18. The molecule has 96 valence electrons. The summed E-state index contributed by atoms with van der Waals surface area (Å²) in [5.74, 6) is 0. The highest BCUT2D eigenvalue weighted by Gasteiger charge is 2.05. The summed E-state index contributed by atoms with van der Waals surface area (Å²) in [6, 6.07) is 6.17. The van der Waals surface area contributed by atoms with Gasteiger partial charge in [-0.1, -0.05) is 6.07 Å². The molecule has 0 aliphatic heterocycles. The van der Waals surface area contributed by atoms with Crippen LogP contribution >= 0.6 is 22.6 Å². The number of halogens is 1. The fraction of sp³-hybridized carbons (Fsp3) is 0.538. The number of hydrogen-bond donors (Lipinski definition) is 2. The molecule has 2 N–H and O–H groups in total. The van der Waals surface area contributed by atoms with Crippen LogP contribution in [0.2, 0.25) is 0 Å². The van der Waals surface area contributed by atoms with Crippen molar-refractivity contribution in [3.05, 3.63) is 27.3 Å². The zero-order valence-electron chi connectivity index (χ0n) is 10.5. The Morgan fingerprint density at radius 3 is 2.71 bits per heavy atom. The first-order valence-corrected chi connectivity index (χ1v) is 6.86. The van der Waals surface area contributed by atoms with Crippen molar-refractivity contribution in [3.63, 3.8) is 0 Å². The summed E-state index contributed by atoms with van der Waals surface area (Å²) in [5, 5.41) is 12.9. The lowest BCUT2D eigenvalue weighted by Crippen LogP contribution is -2.26. The predicted molar refractivity (Wildman–Crippen MR) is 79.5 cm³/mol. The first-order chi connectivity index (χ1) is 7.99. The second-order valence-corrected chi connectivity index (χ2v) is 5.54. The first kappa shape index (κ1) is 14.7. The highest BCUT2D eigenvalue weighted by atomic mass is 127. The maximum Gasteiger partial charge on any atom is 0.0945 e. The maximum atomic E-state index is 9.69. The summed E-state index contributed by atoms with van der Waals surface area (Å²) in [5.41, 5.74) is 2.29. The van der Waals surface area contributed by atoms with E-state index >= 15 is 0 Å². The molecule has 0 fully saturated rings. The van der Waals surface area contributed by atoms with Gasteiger partial charge in [-0.25, -0.2) is 0 Å². The van der Waals surface area contributed by atoms with E-state index in [2.05, 4.69) is 47.0 Å². The van der Waals surface area contributed by atoms with Gasteiger partial charge in [-0.05, 0) is 61.1 Å². The second-order valence-electron chi connectivity index (χ2n) is 4.38. The van der Waals surface area contributed by atoms with Crippen LogP contribution in [0.4, 0.5) is 5.69 Å². The Hall–Kier alpha value is -0.330. The highest BCUT2D eigenvalue weighted by molar-refractivity contribution is 14.1. The quantitative estimate of drug-likeness (QED) is 0.776. The Balaban J connectivity index is 2.36. The minimum absolute atomic E-state index is 0.157. The molecule has 0 saturated heterocycles. The van der Waals surface area contributed by atoms with Crippen molar-refractivity contribution in [2.75, 3.05) is 18.5 Å². The van der Waals surface area contributed by atoms with E-state index in [1.165, 1.54) is 9.13 Å². The number of ether oxygens (including phenoxy) is 1. The number of nitrogens with one attached hydrogen (secondary N) is 1. The zero-order chi connectivity index (χ0) is 12.8. The van der Waals surface area contributed by atoms with Gasteiger partial charge in [-0.2, -0.15) is 0 Å². The lowest BCUT2D eigenvalue weighted by Gasteiger charge is -2.15. The van der Waals surface area contributed by atoms with E-state index < -0.39 is 6.10 Å². The average Bonchev–Trinajstić information content (AvgIpc) is 2.28. The zero-order valence-corrected chi connectivity index (χ0v) is 12.7. The van der Waals surface area contributed by atoms with Crippen molar-refractivity contribution in [2.45, 2.75) is 33.0 Å². The SMILES string of the molecule is Cc1ccc(NCC(O)COC(C)C)cc1I. The normalized spacial score (nSPS) is 12.8. The van der Waals surface area contributed by atoms with E-state index in [0.29, 0.717) is 13.2 Å². The van der Waals surface area contributed by atoms with Crippen LogP contribution in [0.3, 0.4) is 0 Å². The third kappa shape index (κ3) is 5.70. The standard InChI is InChI=1S/C13H20INO2/c1-9(2)17-8-12(16)7-15-11-5-4-10(3)13(14)6-11/h4-6,9,12,15-16H,7-8H2,1-3H3. The molecular formula is C13H20INO2. The van der Waals surface area contributed by atoms with Crippen LogP contribution < -0.4 is 5.32 Å². The Labute approximate surface area is 117 Å². The minimum Gasteiger partial charge on any atom is -0.389 e. The third-order valence-corrected chi connectivity index (χ3v) is 3.50. The van der Waals surface area contributed by atoms with Crippen LogP contribution in [0.25, 0.3) is 0 Å². The molecule has 0 spiro atoms. The predicted octanol–water partition coefficient (Wildman–Crippen LogP) is 2.80. The van der Waals surface area contributed by atoms with Gasteiger partial charge in [-0.15, -0.1) is 0 Å². The van der Waals surface area contributed by atoms with Crippen LogP contribution in [0, 0.1) is 10.5 Å². The summed E-state index contributed by atoms with van der Waals surface area (Å²) < 4.78 is 6.57. The summed E-state index contributed by atoms with van der Waals surface area (Å²) >= 11 is 2.31. The Morgan fingerprint density at radius 2 is 2.12 bits per heavy atom. The van der Waals surface area contributed by atoms with E-state index in [9.17, 15) is 5.11 Å². The van der Waals surface area contributed by atoms with Gasteiger partial charge in [0.15, 0.2) is 0 Å². The van der Waals surface area contributed by atoms with Crippen molar-refractivity contribution in [1.29, 1.82) is 0 Å². The van der Waals surface area contributed by atoms with Gasteiger partial charge in [0.25, 0.3) is 0 Å². The molecule has 0 bridgehead atoms. The number of aliphatic hydroxyl groups is 1. The Bertz CT molecular complexity index is 355. The number of anilines is 1. The largest absolute Gasteiger partial charge is 0.389 e. The van der Waals surface area contributed by atoms with Gasteiger partial charge in [0.05, 0.1) is 18.8 Å². The third-order valence-electron chi connectivity index (χ3n) is 2.34. The molecule has 1 aromatic carbocycles. The van der Waals surface area contributed by atoms with Crippen molar-refractivity contribution >= 4 is 28.3 Å². The lowest BCUT2D eigenvalue weighted by atomic mass is 10.2. The molecule has 0 amide bonds. The minimum atomic E-state index is -0.476. The van der Waals surface area contributed by atoms with E-state index in [1.54, 1.807) is 0 Å². The molecule has 1 aromatic rings. The molecule has 1 unspecified atom stereocenters. The number of aryl methyl sites for hydroxylation is 1. The Kier molecular flexibility index (Phi) is 6.22. The molecule has 0 aliphatic rings. The molecule has 1 atom stereocenters. The van der Waals surface area contributed by atoms with E-state index in [1.807, 2.05) is 19.9 Å². The van der Waals surface area contributed by atoms with Crippen LogP contribution in [0.15, 0.2) is 18.2 Å². The molecule has 0 aliphatic carbocycles. The number of benzene rings is 1. The molecule has 0 heterocycles. The topological polar surface area (TPSA) is 41.5 Å². The van der Waals surface area contributed by atoms with Crippen LogP contribution in [-0.4, -0.2) is 30.5 Å². The average molecular weight is 349 g/mol. The Morgan fingerprint density at radius 1 is 1.41 bits per heavy atom. The summed E-state index contributed by atoms with van der Waals surface area (Å²) in [7, 11) is 0. The molecular weight excluding hydrogens is 329 g/mol. The van der Waals surface area contributed by atoms with Gasteiger partial charge in [0, 0.05) is 15.8 Å². The van der Waals surface area contributed by atoms with Crippen LogP contribution in [0.1, 0.15) is 19.4 Å². The molecule has 1 rings (SSSR count). The van der Waals surface area contributed by atoms with Crippen molar-refractivity contribution in [1.82, 2.24) is 0 Å². The van der Waals surface area contributed by atoms with Crippen molar-refractivity contribution in [3.8, 4) is 0 Å². The molecule has 4 heteroatoms. The molecule has 3 nitrogen and oxygen atoms in total. The van der Waals surface area contributed by atoms with E-state index in [4.69, 9.17) is 4.74 Å². The fourth-order valence-corrected chi connectivity index (χ4v) is 1.82. The first-order valence-electron chi connectivity index (χ1n) is 5.78. The van der Waals surface area contributed by atoms with Crippen LogP contribution in [0.5, 0.6) is 0 Å². The van der Waals surface area contributed by atoms with Crippen molar-refractivity contribution in [2.24, 2.45) is 0 Å². The smallest absolute Gasteiger partial charge is 0.0945 e. The summed E-state index contributed by atoms with van der Waals surface area (Å²) in [6.45, 7) is 6.88. The molecule has 0 radical (unpaired) electrons. The summed E-state index contributed by atoms with van der Waals surface area (Å²) in [4.78, 5) is 0. The number of hydrogen-bond acceptors (Lipinski definition) is 3. The van der Waals surface area contributed by atoms with E-state index in [0.717, 1.165) is 5.69 Å². The monoisotopic (exact) mass is 349 g/mol. The molecule has 0 aromatic heterocycles. The van der Waals surface area contributed by atoms with Gasteiger partial charge < -0.3 is 15.2 Å². The molecule has 0 saturated carbocycles. The highest BCUT2D eigenvalue weighted by Crippen LogP contribution is 2.16. The van der Waals surface area contributed by atoms with Crippen molar-refractivity contribution < 1.29 is 9.84 Å². The summed E-state index contributed by atoms with van der Waals surface area (Å²) in [6.07, 6.45) is -0.318. The van der Waals surface area contributed by atoms with E-state index in [-0.39, 0.29) is 6.10 Å². The fourth-order valence-electron chi connectivity index (χ4n) is 1.30.